The minimum Gasteiger partial charge on any atom is -0.484 e. The zero-order valence-electron chi connectivity index (χ0n) is 12.0. The van der Waals surface area contributed by atoms with Crippen LogP contribution in [0.3, 0.4) is 0 Å². The van der Waals surface area contributed by atoms with Gasteiger partial charge in [-0.2, -0.15) is 5.10 Å². The Morgan fingerprint density at radius 2 is 1.83 bits per heavy atom. The highest BCUT2D eigenvalue weighted by atomic mass is 35.5. The number of halogens is 1. The number of aromatic nitrogens is 2. The molecule has 1 aromatic heterocycles. The smallest absolute Gasteiger partial charge is 0.357 e. The fourth-order valence-electron chi connectivity index (χ4n) is 2.15. The van der Waals surface area contributed by atoms with E-state index in [9.17, 15) is 9.90 Å². The molecule has 3 aromatic rings. The van der Waals surface area contributed by atoms with Crippen molar-refractivity contribution in [2.75, 3.05) is 0 Å². The van der Waals surface area contributed by atoms with Crippen LogP contribution in [0, 0.1) is 0 Å². The lowest BCUT2D eigenvalue weighted by Gasteiger charge is -2.08. The number of aromatic amines is 1. The molecule has 0 bridgehead atoms. The number of aromatic carboxylic acids is 1. The van der Waals surface area contributed by atoms with Crippen molar-refractivity contribution in [1.29, 1.82) is 0 Å². The van der Waals surface area contributed by atoms with Gasteiger partial charge in [0.2, 0.25) is 0 Å². The highest BCUT2D eigenvalue weighted by Crippen LogP contribution is 2.31. The summed E-state index contributed by atoms with van der Waals surface area (Å²) < 4.78 is 5.73. The van der Waals surface area contributed by atoms with Gasteiger partial charge in [-0.1, -0.05) is 54.1 Å². The molecule has 0 unspecified atom stereocenters. The molecule has 3 rings (SSSR count). The first-order chi connectivity index (χ1) is 11.1. The van der Waals surface area contributed by atoms with Gasteiger partial charge in [0, 0.05) is 10.6 Å². The number of nitrogens with one attached hydrogen (secondary N) is 1. The lowest BCUT2D eigenvalue weighted by atomic mass is 10.1. The van der Waals surface area contributed by atoms with Crippen LogP contribution in [0.2, 0.25) is 5.02 Å². The number of carbonyl (C=O) groups is 1. The zero-order valence-corrected chi connectivity index (χ0v) is 12.7. The second-order valence-electron chi connectivity index (χ2n) is 4.86. The highest BCUT2D eigenvalue weighted by molar-refractivity contribution is 6.30. The maximum absolute atomic E-state index is 11.4. The molecular formula is C17H13ClN2O3. The van der Waals surface area contributed by atoms with Crippen LogP contribution < -0.4 is 4.74 Å². The van der Waals surface area contributed by atoms with Crippen LogP contribution in [0.5, 0.6) is 5.75 Å². The molecule has 2 N–H and O–H groups in total. The summed E-state index contributed by atoms with van der Waals surface area (Å²) in [7, 11) is 0. The zero-order chi connectivity index (χ0) is 16.2. The third-order valence-corrected chi connectivity index (χ3v) is 3.53. The summed E-state index contributed by atoms with van der Waals surface area (Å²) in [4.78, 5) is 11.4. The molecule has 2 aromatic carbocycles. The quantitative estimate of drug-likeness (QED) is 0.742. The van der Waals surface area contributed by atoms with Crippen molar-refractivity contribution in [1.82, 2.24) is 10.2 Å². The van der Waals surface area contributed by atoms with Crippen LogP contribution in [0.4, 0.5) is 0 Å². The van der Waals surface area contributed by atoms with E-state index in [1.807, 2.05) is 42.5 Å². The van der Waals surface area contributed by atoms with Crippen molar-refractivity contribution >= 4 is 17.6 Å². The summed E-state index contributed by atoms with van der Waals surface area (Å²) in [6, 6.07) is 16.4. The first-order valence-corrected chi connectivity index (χ1v) is 7.27. The Morgan fingerprint density at radius 3 is 2.48 bits per heavy atom. The van der Waals surface area contributed by atoms with E-state index in [1.165, 1.54) is 0 Å². The maximum Gasteiger partial charge on any atom is 0.357 e. The summed E-state index contributed by atoms with van der Waals surface area (Å²) >= 11 is 5.85. The van der Waals surface area contributed by atoms with E-state index >= 15 is 0 Å². The molecule has 0 aliphatic heterocycles. The van der Waals surface area contributed by atoms with Crippen LogP contribution in [-0.2, 0) is 6.61 Å². The van der Waals surface area contributed by atoms with Crippen LogP contribution >= 0.6 is 11.6 Å². The second-order valence-corrected chi connectivity index (χ2v) is 5.30. The van der Waals surface area contributed by atoms with Crippen molar-refractivity contribution in [3.63, 3.8) is 0 Å². The fourth-order valence-corrected chi connectivity index (χ4v) is 2.27. The largest absolute Gasteiger partial charge is 0.484 e. The van der Waals surface area contributed by atoms with Crippen molar-refractivity contribution in [3.05, 3.63) is 70.9 Å². The summed E-state index contributed by atoms with van der Waals surface area (Å²) in [5.41, 5.74) is 2.06. The molecule has 0 amide bonds. The number of ether oxygens (including phenoxy) is 1. The molecule has 0 radical (unpaired) electrons. The first-order valence-electron chi connectivity index (χ1n) is 6.89. The Hall–Kier alpha value is -2.79. The molecule has 0 aliphatic carbocycles. The number of carboxylic acids is 1. The molecule has 5 nitrogen and oxygen atoms in total. The van der Waals surface area contributed by atoms with Gasteiger partial charge in [-0.15, -0.1) is 0 Å². The van der Waals surface area contributed by atoms with Gasteiger partial charge in [-0.05, 0) is 17.7 Å². The third kappa shape index (κ3) is 3.35. The van der Waals surface area contributed by atoms with E-state index in [0.29, 0.717) is 10.7 Å². The van der Waals surface area contributed by atoms with Crippen LogP contribution in [-0.4, -0.2) is 21.3 Å². The van der Waals surface area contributed by atoms with Crippen LogP contribution in [0.1, 0.15) is 16.1 Å². The molecule has 1 heterocycles. The van der Waals surface area contributed by atoms with Crippen LogP contribution in [0.15, 0.2) is 54.6 Å². The van der Waals surface area contributed by atoms with Gasteiger partial charge in [0.05, 0.1) is 0 Å². The van der Waals surface area contributed by atoms with Gasteiger partial charge < -0.3 is 9.84 Å². The van der Waals surface area contributed by atoms with Gasteiger partial charge in [0.1, 0.15) is 12.3 Å². The van der Waals surface area contributed by atoms with Crippen molar-refractivity contribution < 1.29 is 14.6 Å². The lowest BCUT2D eigenvalue weighted by Crippen LogP contribution is -2.03. The molecule has 0 fully saturated rings. The monoisotopic (exact) mass is 328 g/mol. The Balaban J connectivity index is 1.91. The Kier molecular flexibility index (Phi) is 4.30. The maximum atomic E-state index is 11.4. The Bertz CT molecular complexity index is 814. The first kappa shape index (κ1) is 15.1. The SMILES string of the molecule is O=C(O)c1[nH]nc(-c2ccccc2)c1OCc1ccc(Cl)cc1. The van der Waals surface area contributed by atoms with Gasteiger partial charge in [0.25, 0.3) is 0 Å². The molecule has 23 heavy (non-hydrogen) atoms. The summed E-state index contributed by atoms with van der Waals surface area (Å²) in [6.45, 7) is 0.219. The van der Waals surface area contributed by atoms with E-state index < -0.39 is 5.97 Å². The number of benzene rings is 2. The van der Waals surface area contributed by atoms with Gasteiger partial charge in [-0.3, -0.25) is 5.10 Å². The number of hydrogen-bond donors (Lipinski definition) is 2. The predicted octanol–water partition coefficient (Wildman–Crippen LogP) is 4.01. The van der Waals surface area contributed by atoms with E-state index in [1.54, 1.807) is 12.1 Å². The molecule has 0 saturated carbocycles. The standard InChI is InChI=1S/C17H13ClN2O3/c18-13-8-6-11(7-9-13)10-23-16-14(12-4-2-1-3-5-12)19-20-15(16)17(21)22/h1-9H,10H2,(H,19,20)(H,21,22). The van der Waals surface area contributed by atoms with E-state index in [4.69, 9.17) is 16.3 Å². The van der Waals surface area contributed by atoms with E-state index in [-0.39, 0.29) is 18.1 Å². The second kappa shape index (κ2) is 6.54. The van der Waals surface area contributed by atoms with E-state index in [0.717, 1.165) is 11.1 Å². The summed E-state index contributed by atoms with van der Waals surface area (Å²) in [5.74, 6) is -0.899. The van der Waals surface area contributed by atoms with Crippen molar-refractivity contribution in [2.45, 2.75) is 6.61 Å². The van der Waals surface area contributed by atoms with E-state index in [2.05, 4.69) is 10.2 Å². The topological polar surface area (TPSA) is 75.2 Å². The van der Waals surface area contributed by atoms with Crippen LogP contribution in [0.25, 0.3) is 11.3 Å². The van der Waals surface area contributed by atoms with Gasteiger partial charge in [-0.25, -0.2) is 4.79 Å². The number of nitrogens with zero attached hydrogens (tertiary/aromatic N) is 1. The lowest BCUT2D eigenvalue weighted by molar-refractivity contribution is 0.0685. The number of rotatable bonds is 5. The minimum atomic E-state index is -1.12. The average Bonchev–Trinajstić information content (AvgIpc) is 2.99. The summed E-state index contributed by atoms with van der Waals surface area (Å²) in [6.07, 6.45) is 0. The number of carboxylic acid groups (broad SMARTS) is 1. The number of H-pyrrole nitrogens is 1. The molecule has 0 aliphatic rings. The predicted molar refractivity (Wildman–Crippen MR) is 86.8 cm³/mol. The van der Waals surface area contributed by atoms with Crippen molar-refractivity contribution in [3.8, 4) is 17.0 Å². The molecule has 0 spiro atoms. The third-order valence-electron chi connectivity index (χ3n) is 3.28. The summed E-state index contributed by atoms with van der Waals surface area (Å²) in [5, 5.41) is 16.5. The number of hydrogen-bond acceptors (Lipinski definition) is 3. The molecule has 0 saturated heterocycles. The molecule has 116 valence electrons. The Morgan fingerprint density at radius 1 is 1.13 bits per heavy atom. The fraction of sp³-hybridized carbons (Fsp3) is 0.0588. The van der Waals surface area contributed by atoms with Gasteiger partial charge >= 0.3 is 5.97 Å². The Labute approximate surface area is 137 Å². The molecule has 6 heteroatoms. The average molecular weight is 329 g/mol. The highest BCUT2D eigenvalue weighted by Gasteiger charge is 2.21. The minimum absolute atomic E-state index is 0.0715. The van der Waals surface area contributed by atoms with Crippen molar-refractivity contribution in [2.24, 2.45) is 0 Å². The normalized spacial score (nSPS) is 10.5. The molecular weight excluding hydrogens is 316 g/mol. The molecule has 0 atom stereocenters. The van der Waals surface area contributed by atoms with Gasteiger partial charge in [0.15, 0.2) is 11.4 Å².